The van der Waals surface area contributed by atoms with E-state index in [9.17, 15) is 0 Å². The predicted octanol–water partition coefficient (Wildman–Crippen LogP) is 3.67. The number of hydrogen-bond donors (Lipinski definition) is 2. The Labute approximate surface area is 95.8 Å². The summed E-state index contributed by atoms with van der Waals surface area (Å²) in [6.45, 7) is 2.25. The number of hydrogen-bond acceptors (Lipinski definition) is 2. The number of nitrogens with one attached hydrogen (secondary N) is 1. The first-order valence-electron chi connectivity index (χ1n) is 5.42. The minimum Gasteiger partial charge on any atom is -0.397 e. The zero-order valence-electron chi connectivity index (χ0n) is 9.02. The van der Waals surface area contributed by atoms with Gasteiger partial charge in [0.1, 0.15) is 0 Å². The normalized spacial score (nSPS) is 19.1. The van der Waals surface area contributed by atoms with Gasteiger partial charge in [-0.3, -0.25) is 0 Å². The molecule has 1 aliphatic carbocycles. The van der Waals surface area contributed by atoms with Crippen LogP contribution in [-0.2, 0) is 0 Å². The third-order valence-corrected chi connectivity index (χ3v) is 3.39. The molecule has 2 rings (SSSR count). The van der Waals surface area contributed by atoms with Crippen molar-refractivity contribution in [3.8, 4) is 0 Å². The molecule has 0 aromatic heterocycles. The van der Waals surface area contributed by atoms with E-state index in [0.29, 0.717) is 0 Å². The van der Waals surface area contributed by atoms with Crippen molar-refractivity contribution in [3.05, 3.63) is 23.2 Å². The molecule has 3 N–H and O–H groups in total. The van der Waals surface area contributed by atoms with Crippen molar-refractivity contribution in [2.45, 2.75) is 38.1 Å². The molecule has 3 heteroatoms. The maximum absolute atomic E-state index is 5.95. The van der Waals surface area contributed by atoms with Crippen LogP contribution < -0.4 is 11.1 Å². The zero-order valence-corrected chi connectivity index (χ0v) is 9.77. The molecule has 0 bridgehead atoms. The van der Waals surface area contributed by atoms with Crippen LogP contribution in [0.25, 0.3) is 0 Å². The molecular formula is C12H17ClN2. The maximum Gasteiger partial charge on any atom is 0.0593 e. The molecule has 82 valence electrons. The highest BCUT2D eigenvalue weighted by molar-refractivity contribution is 6.31. The molecular weight excluding hydrogens is 208 g/mol. The molecule has 1 aromatic rings. The molecule has 0 spiro atoms. The van der Waals surface area contributed by atoms with E-state index in [2.05, 4.69) is 12.2 Å². The number of benzene rings is 1. The third kappa shape index (κ3) is 2.37. The van der Waals surface area contributed by atoms with E-state index in [4.69, 9.17) is 17.3 Å². The standard InChI is InChI=1S/C12H17ClN2/c1-12(6-2-3-7-12)15-11-8-9(13)4-5-10(11)14/h4-5,8,15H,2-3,6-7,14H2,1H3. The van der Waals surface area contributed by atoms with Gasteiger partial charge in [0.05, 0.1) is 11.4 Å². The first-order chi connectivity index (χ1) is 7.09. The van der Waals surface area contributed by atoms with E-state index in [1.54, 1.807) is 0 Å². The third-order valence-electron chi connectivity index (χ3n) is 3.16. The fourth-order valence-corrected chi connectivity index (χ4v) is 2.41. The summed E-state index contributed by atoms with van der Waals surface area (Å²) in [5.74, 6) is 0. The van der Waals surface area contributed by atoms with Crippen LogP contribution in [0.5, 0.6) is 0 Å². The summed E-state index contributed by atoms with van der Waals surface area (Å²) in [6, 6.07) is 5.57. The topological polar surface area (TPSA) is 38.0 Å². The van der Waals surface area contributed by atoms with Gasteiger partial charge < -0.3 is 11.1 Å². The van der Waals surface area contributed by atoms with Gasteiger partial charge in [-0.25, -0.2) is 0 Å². The Morgan fingerprint density at radius 2 is 2.00 bits per heavy atom. The molecule has 0 atom stereocenters. The highest BCUT2D eigenvalue weighted by Crippen LogP contribution is 2.35. The molecule has 2 nitrogen and oxygen atoms in total. The van der Waals surface area contributed by atoms with Gasteiger partial charge in [-0.15, -0.1) is 0 Å². The largest absolute Gasteiger partial charge is 0.397 e. The number of nitrogen functional groups attached to an aromatic ring is 1. The molecule has 0 heterocycles. The highest BCUT2D eigenvalue weighted by Gasteiger charge is 2.28. The molecule has 15 heavy (non-hydrogen) atoms. The van der Waals surface area contributed by atoms with Crippen molar-refractivity contribution in [1.29, 1.82) is 0 Å². The first kappa shape index (κ1) is 10.6. The van der Waals surface area contributed by atoms with Crippen LogP contribution in [0.1, 0.15) is 32.6 Å². The summed E-state index contributed by atoms with van der Waals surface area (Å²) in [7, 11) is 0. The van der Waals surface area contributed by atoms with Crippen LogP contribution in [0.2, 0.25) is 5.02 Å². The summed E-state index contributed by atoms with van der Waals surface area (Å²) >= 11 is 5.95. The lowest BCUT2D eigenvalue weighted by Gasteiger charge is -2.27. The quantitative estimate of drug-likeness (QED) is 0.753. The van der Waals surface area contributed by atoms with E-state index in [1.807, 2.05) is 18.2 Å². The van der Waals surface area contributed by atoms with Gasteiger partial charge in [0, 0.05) is 10.6 Å². The Balaban J connectivity index is 2.19. The summed E-state index contributed by atoms with van der Waals surface area (Å²) in [5.41, 5.74) is 7.83. The molecule has 1 aromatic carbocycles. The fourth-order valence-electron chi connectivity index (χ4n) is 2.24. The summed E-state index contributed by atoms with van der Waals surface area (Å²) in [5, 5.41) is 4.25. The monoisotopic (exact) mass is 224 g/mol. The fraction of sp³-hybridized carbons (Fsp3) is 0.500. The Bertz CT molecular complexity index is 357. The van der Waals surface area contributed by atoms with E-state index in [0.717, 1.165) is 16.4 Å². The molecule has 1 aliphatic rings. The number of anilines is 2. The average Bonchev–Trinajstić information content (AvgIpc) is 2.59. The first-order valence-corrected chi connectivity index (χ1v) is 5.80. The van der Waals surface area contributed by atoms with Gasteiger partial charge >= 0.3 is 0 Å². The lowest BCUT2D eigenvalue weighted by molar-refractivity contribution is 0.533. The second-order valence-electron chi connectivity index (χ2n) is 4.62. The van der Waals surface area contributed by atoms with Crippen LogP contribution in [0.3, 0.4) is 0 Å². The van der Waals surface area contributed by atoms with Crippen LogP contribution in [0.15, 0.2) is 18.2 Å². The SMILES string of the molecule is CC1(Nc2cc(Cl)ccc2N)CCCC1. The lowest BCUT2D eigenvalue weighted by Crippen LogP contribution is -2.31. The highest BCUT2D eigenvalue weighted by atomic mass is 35.5. The summed E-state index contributed by atoms with van der Waals surface area (Å²) < 4.78 is 0. The van der Waals surface area contributed by atoms with E-state index < -0.39 is 0 Å². The second-order valence-corrected chi connectivity index (χ2v) is 5.06. The van der Waals surface area contributed by atoms with Crippen LogP contribution >= 0.6 is 11.6 Å². The Morgan fingerprint density at radius 3 is 2.67 bits per heavy atom. The lowest BCUT2D eigenvalue weighted by atomic mass is 10.00. The van der Waals surface area contributed by atoms with E-state index in [-0.39, 0.29) is 5.54 Å². The number of nitrogens with two attached hydrogens (primary N) is 1. The van der Waals surface area contributed by atoms with Crippen molar-refractivity contribution in [3.63, 3.8) is 0 Å². The van der Waals surface area contributed by atoms with Crippen molar-refractivity contribution in [2.75, 3.05) is 11.1 Å². The molecule has 0 aliphatic heterocycles. The Kier molecular flexibility index (Phi) is 2.79. The van der Waals surface area contributed by atoms with Gasteiger partial charge in [-0.1, -0.05) is 24.4 Å². The molecule has 1 fully saturated rings. The number of rotatable bonds is 2. The van der Waals surface area contributed by atoms with Crippen molar-refractivity contribution in [1.82, 2.24) is 0 Å². The Hall–Kier alpha value is -0.890. The van der Waals surface area contributed by atoms with Crippen LogP contribution in [0, 0.1) is 0 Å². The van der Waals surface area contributed by atoms with Crippen LogP contribution in [-0.4, -0.2) is 5.54 Å². The molecule has 1 saturated carbocycles. The van der Waals surface area contributed by atoms with Gasteiger partial charge in [-0.05, 0) is 38.0 Å². The molecule has 0 unspecified atom stereocenters. The van der Waals surface area contributed by atoms with Gasteiger partial charge in [-0.2, -0.15) is 0 Å². The number of halogens is 1. The second kappa shape index (κ2) is 3.93. The zero-order chi connectivity index (χ0) is 10.9. The van der Waals surface area contributed by atoms with Gasteiger partial charge in [0.25, 0.3) is 0 Å². The van der Waals surface area contributed by atoms with Crippen LogP contribution in [0.4, 0.5) is 11.4 Å². The van der Waals surface area contributed by atoms with Crippen molar-refractivity contribution < 1.29 is 0 Å². The molecule has 0 saturated heterocycles. The van der Waals surface area contributed by atoms with Crippen molar-refractivity contribution >= 4 is 23.0 Å². The summed E-state index contributed by atoms with van der Waals surface area (Å²) in [6.07, 6.45) is 5.01. The minimum absolute atomic E-state index is 0.193. The van der Waals surface area contributed by atoms with Gasteiger partial charge in [0.15, 0.2) is 0 Å². The molecule has 0 amide bonds. The summed E-state index contributed by atoms with van der Waals surface area (Å²) in [4.78, 5) is 0. The van der Waals surface area contributed by atoms with E-state index >= 15 is 0 Å². The maximum atomic E-state index is 5.95. The predicted molar refractivity (Wildman–Crippen MR) is 66.4 cm³/mol. The van der Waals surface area contributed by atoms with Crippen molar-refractivity contribution in [2.24, 2.45) is 0 Å². The smallest absolute Gasteiger partial charge is 0.0593 e. The van der Waals surface area contributed by atoms with E-state index in [1.165, 1.54) is 25.7 Å². The minimum atomic E-state index is 0.193. The average molecular weight is 225 g/mol. The van der Waals surface area contributed by atoms with Gasteiger partial charge in [0.2, 0.25) is 0 Å². The Morgan fingerprint density at radius 1 is 1.33 bits per heavy atom. The molecule has 0 radical (unpaired) electrons.